The highest BCUT2D eigenvalue weighted by Gasteiger charge is 2.35. The molecule has 1 aromatic rings. The van der Waals surface area contributed by atoms with Crippen LogP contribution in [0.2, 0.25) is 0 Å². The molecular weight excluding hydrogens is 301 g/mol. The molecular formula is C12H14FN3O4S. The first-order valence-electron chi connectivity index (χ1n) is 6.10. The van der Waals surface area contributed by atoms with Gasteiger partial charge in [-0.1, -0.05) is 0 Å². The highest BCUT2D eigenvalue weighted by Crippen LogP contribution is 2.20. The van der Waals surface area contributed by atoms with Gasteiger partial charge in [-0.05, 0) is 24.6 Å². The summed E-state index contributed by atoms with van der Waals surface area (Å²) in [5, 5.41) is 0. The van der Waals surface area contributed by atoms with Gasteiger partial charge in [-0.15, -0.1) is 0 Å². The standard InChI is InChI=1S/C12H14FN3O4S/c1-16-11(17)5-4-9(12(16)18)15-21(19,20)10-6-7(14)2-3-8(10)13/h2-3,6,9,15H,4-5,14H2,1H3. The Bertz CT molecular complexity index is 704. The number of likely N-dealkylation sites (N-methyl/N-ethyl adjacent to an activating group) is 1. The Balaban J connectivity index is 2.28. The predicted octanol–water partition coefficient (Wildman–Crippen LogP) is -0.166. The highest BCUT2D eigenvalue weighted by molar-refractivity contribution is 7.89. The molecule has 1 heterocycles. The SMILES string of the molecule is CN1C(=O)CCC(NS(=O)(=O)c2cc(N)ccc2F)C1=O. The van der Waals surface area contributed by atoms with Crippen LogP contribution in [0.5, 0.6) is 0 Å². The smallest absolute Gasteiger partial charge is 0.247 e. The van der Waals surface area contributed by atoms with Crippen molar-refractivity contribution in [2.75, 3.05) is 12.8 Å². The summed E-state index contributed by atoms with van der Waals surface area (Å²) in [4.78, 5) is 23.4. The van der Waals surface area contributed by atoms with Crippen LogP contribution in [0, 0.1) is 5.82 Å². The monoisotopic (exact) mass is 315 g/mol. The van der Waals surface area contributed by atoms with Gasteiger partial charge in [0, 0.05) is 19.2 Å². The topological polar surface area (TPSA) is 110 Å². The summed E-state index contributed by atoms with van der Waals surface area (Å²) in [7, 11) is -2.98. The largest absolute Gasteiger partial charge is 0.399 e. The van der Waals surface area contributed by atoms with Crippen molar-refractivity contribution in [2.24, 2.45) is 0 Å². The van der Waals surface area contributed by atoms with Gasteiger partial charge in [0.25, 0.3) is 0 Å². The second kappa shape index (κ2) is 5.41. The summed E-state index contributed by atoms with van der Waals surface area (Å²) in [5.74, 6) is -2.02. The number of halogens is 1. The van der Waals surface area contributed by atoms with Crippen molar-refractivity contribution >= 4 is 27.5 Å². The van der Waals surface area contributed by atoms with E-state index in [1.54, 1.807) is 0 Å². The Morgan fingerprint density at radius 3 is 2.71 bits per heavy atom. The summed E-state index contributed by atoms with van der Waals surface area (Å²) in [5.41, 5.74) is 5.53. The molecule has 1 aliphatic rings. The van der Waals surface area contributed by atoms with Crippen molar-refractivity contribution in [1.82, 2.24) is 9.62 Å². The lowest BCUT2D eigenvalue weighted by Gasteiger charge is -2.28. The van der Waals surface area contributed by atoms with Crippen LogP contribution in [0.1, 0.15) is 12.8 Å². The number of carbonyl (C=O) groups excluding carboxylic acids is 2. The number of hydrogen-bond acceptors (Lipinski definition) is 5. The number of nitrogen functional groups attached to an aromatic ring is 1. The summed E-state index contributed by atoms with van der Waals surface area (Å²) in [6, 6.07) is 2.03. The van der Waals surface area contributed by atoms with Gasteiger partial charge in [0.2, 0.25) is 21.8 Å². The van der Waals surface area contributed by atoms with E-state index < -0.39 is 32.7 Å². The van der Waals surface area contributed by atoms with Crippen molar-refractivity contribution in [3.8, 4) is 0 Å². The number of rotatable bonds is 3. The van der Waals surface area contributed by atoms with Gasteiger partial charge in [-0.25, -0.2) is 12.8 Å². The maximum absolute atomic E-state index is 13.6. The number of piperidine rings is 1. The number of nitrogens with one attached hydrogen (secondary N) is 1. The van der Waals surface area contributed by atoms with E-state index in [2.05, 4.69) is 4.72 Å². The first-order valence-corrected chi connectivity index (χ1v) is 7.58. The van der Waals surface area contributed by atoms with Gasteiger partial charge in [0.05, 0.1) is 0 Å². The molecule has 1 fully saturated rings. The first-order chi connectivity index (χ1) is 9.72. The van der Waals surface area contributed by atoms with Crippen LogP contribution in [0.15, 0.2) is 23.1 Å². The van der Waals surface area contributed by atoms with Gasteiger partial charge in [-0.3, -0.25) is 14.5 Å². The zero-order valence-corrected chi connectivity index (χ0v) is 12.0. The zero-order valence-electron chi connectivity index (χ0n) is 11.2. The Labute approximate surface area is 121 Å². The number of nitrogens with zero attached hydrogens (tertiary/aromatic N) is 1. The van der Waals surface area contributed by atoms with Gasteiger partial charge in [-0.2, -0.15) is 4.72 Å². The summed E-state index contributed by atoms with van der Waals surface area (Å²) < 4.78 is 40.0. The fourth-order valence-corrected chi connectivity index (χ4v) is 3.34. The second-order valence-electron chi connectivity index (χ2n) is 4.69. The van der Waals surface area contributed by atoms with E-state index >= 15 is 0 Å². The fraction of sp³-hybridized carbons (Fsp3) is 0.333. The maximum Gasteiger partial charge on any atom is 0.247 e. The molecule has 1 unspecified atom stereocenters. The maximum atomic E-state index is 13.6. The Morgan fingerprint density at radius 1 is 1.38 bits per heavy atom. The minimum atomic E-state index is -4.25. The van der Waals surface area contributed by atoms with Crippen molar-refractivity contribution in [1.29, 1.82) is 0 Å². The number of anilines is 1. The minimum Gasteiger partial charge on any atom is -0.399 e. The van der Waals surface area contributed by atoms with Crippen LogP contribution < -0.4 is 10.5 Å². The molecule has 1 atom stereocenters. The molecule has 114 valence electrons. The summed E-state index contributed by atoms with van der Waals surface area (Å²) in [6.45, 7) is 0. The zero-order chi connectivity index (χ0) is 15.8. The van der Waals surface area contributed by atoms with Crippen LogP contribution in [-0.4, -0.2) is 38.2 Å². The minimum absolute atomic E-state index is 0.0329. The quantitative estimate of drug-likeness (QED) is 0.594. The molecule has 0 radical (unpaired) electrons. The summed E-state index contributed by atoms with van der Waals surface area (Å²) in [6.07, 6.45) is 0.0695. The molecule has 21 heavy (non-hydrogen) atoms. The number of benzene rings is 1. The molecule has 0 spiro atoms. The number of sulfonamides is 1. The van der Waals surface area contributed by atoms with E-state index in [1.165, 1.54) is 13.1 Å². The third-order valence-corrected chi connectivity index (χ3v) is 4.68. The van der Waals surface area contributed by atoms with E-state index in [0.717, 1.165) is 17.0 Å². The predicted molar refractivity (Wildman–Crippen MR) is 71.9 cm³/mol. The van der Waals surface area contributed by atoms with Crippen molar-refractivity contribution < 1.29 is 22.4 Å². The van der Waals surface area contributed by atoms with Gasteiger partial charge >= 0.3 is 0 Å². The number of imide groups is 1. The Hall–Kier alpha value is -2.00. The third kappa shape index (κ3) is 3.03. The van der Waals surface area contributed by atoms with Crippen LogP contribution in [0.4, 0.5) is 10.1 Å². The number of amides is 2. The first kappa shape index (κ1) is 15.4. The number of likely N-dealkylation sites (tertiary alicyclic amines) is 1. The molecule has 9 heteroatoms. The number of hydrogen-bond donors (Lipinski definition) is 2. The molecule has 0 saturated carbocycles. The third-order valence-electron chi connectivity index (χ3n) is 3.19. The van der Waals surface area contributed by atoms with Crippen LogP contribution in [-0.2, 0) is 19.6 Å². The molecule has 1 aliphatic heterocycles. The van der Waals surface area contributed by atoms with E-state index in [0.29, 0.717) is 0 Å². The lowest BCUT2D eigenvalue weighted by atomic mass is 10.1. The molecule has 0 bridgehead atoms. The molecule has 0 aliphatic carbocycles. The van der Waals surface area contributed by atoms with Crippen molar-refractivity contribution in [2.45, 2.75) is 23.8 Å². The van der Waals surface area contributed by atoms with E-state index in [-0.39, 0.29) is 24.4 Å². The number of carbonyl (C=O) groups is 2. The normalized spacial score (nSPS) is 19.9. The second-order valence-corrected chi connectivity index (χ2v) is 6.38. The van der Waals surface area contributed by atoms with E-state index in [1.807, 2.05) is 0 Å². The average Bonchev–Trinajstić information content (AvgIpc) is 2.42. The Morgan fingerprint density at radius 2 is 2.05 bits per heavy atom. The van der Waals surface area contributed by atoms with E-state index in [4.69, 9.17) is 5.73 Å². The molecule has 1 saturated heterocycles. The van der Waals surface area contributed by atoms with Crippen LogP contribution in [0.25, 0.3) is 0 Å². The summed E-state index contributed by atoms with van der Waals surface area (Å²) >= 11 is 0. The fourth-order valence-electron chi connectivity index (χ4n) is 2.00. The molecule has 1 aromatic carbocycles. The van der Waals surface area contributed by atoms with Gasteiger partial charge in [0.1, 0.15) is 16.8 Å². The molecule has 2 rings (SSSR count). The van der Waals surface area contributed by atoms with Crippen molar-refractivity contribution in [3.63, 3.8) is 0 Å². The molecule has 3 N–H and O–H groups in total. The van der Waals surface area contributed by atoms with Crippen LogP contribution in [0.3, 0.4) is 0 Å². The van der Waals surface area contributed by atoms with Gasteiger partial charge in [0.15, 0.2) is 0 Å². The lowest BCUT2D eigenvalue weighted by Crippen LogP contribution is -2.52. The van der Waals surface area contributed by atoms with E-state index in [9.17, 15) is 22.4 Å². The number of nitrogens with two attached hydrogens (primary N) is 1. The van der Waals surface area contributed by atoms with Crippen molar-refractivity contribution in [3.05, 3.63) is 24.0 Å². The lowest BCUT2D eigenvalue weighted by molar-refractivity contribution is -0.147. The molecule has 2 amide bonds. The molecule has 0 aromatic heterocycles. The highest BCUT2D eigenvalue weighted by atomic mass is 32.2. The molecule has 7 nitrogen and oxygen atoms in total. The Kier molecular flexibility index (Phi) is 3.97. The van der Waals surface area contributed by atoms with Gasteiger partial charge < -0.3 is 5.73 Å². The average molecular weight is 315 g/mol. The van der Waals surface area contributed by atoms with Crippen LogP contribution >= 0.6 is 0 Å².